The van der Waals surface area contributed by atoms with E-state index in [0.717, 1.165) is 34.5 Å². The van der Waals surface area contributed by atoms with Crippen molar-refractivity contribution in [1.82, 2.24) is 19.4 Å². The number of carbonyl (C=O) groups excluding carboxylic acids is 1. The van der Waals surface area contributed by atoms with Crippen LogP contribution in [0, 0.1) is 6.92 Å². The minimum Gasteiger partial charge on any atom is -0.345 e. The van der Waals surface area contributed by atoms with Gasteiger partial charge in [0, 0.05) is 42.4 Å². The van der Waals surface area contributed by atoms with Gasteiger partial charge in [0.05, 0.1) is 4.90 Å². The lowest BCUT2D eigenvalue weighted by Gasteiger charge is -2.17. The van der Waals surface area contributed by atoms with E-state index in [0.29, 0.717) is 18.7 Å². The molecule has 0 aliphatic carbocycles. The Kier molecular flexibility index (Phi) is 7.78. The summed E-state index contributed by atoms with van der Waals surface area (Å²) in [6, 6.07) is 16.5. The van der Waals surface area contributed by atoms with Gasteiger partial charge in [0.25, 0.3) is 10.0 Å². The smallest absolute Gasteiger partial charge is 0.345 e. The monoisotopic (exact) mass is 558 g/mol. The number of hydrogen-bond acceptors (Lipinski definition) is 9. The number of aryl methyl sites for hydroxylation is 1. The molecule has 2 heterocycles. The van der Waals surface area contributed by atoms with Gasteiger partial charge in [-0.25, -0.2) is 23.2 Å². The standard InChI is InChI=1S/C25H21F3N6O4S/c1-16-9-18(17-5-4-8-29-14-17)11-20(10-16)33-23-13-22(30-15-31-23)32-19-6-3-7-21(12-19)39(36,37)34(2)38-24(35)25(26,27)28/h3-15H,1-2H3,(H2,30,31,32,33). The number of rotatable bonds is 8. The molecular formula is C25H21F3N6O4S. The zero-order valence-corrected chi connectivity index (χ0v) is 21.3. The predicted molar refractivity (Wildman–Crippen MR) is 137 cm³/mol. The molecule has 0 unspecified atom stereocenters. The van der Waals surface area contributed by atoms with Crippen LogP contribution in [0.3, 0.4) is 0 Å². The van der Waals surface area contributed by atoms with Crippen LogP contribution in [0.2, 0.25) is 0 Å². The first-order valence-electron chi connectivity index (χ1n) is 11.2. The molecule has 39 heavy (non-hydrogen) atoms. The van der Waals surface area contributed by atoms with E-state index in [9.17, 15) is 26.4 Å². The summed E-state index contributed by atoms with van der Waals surface area (Å²) in [7, 11) is -3.90. The fourth-order valence-corrected chi connectivity index (χ4v) is 4.43. The Morgan fingerprint density at radius 3 is 2.31 bits per heavy atom. The van der Waals surface area contributed by atoms with Gasteiger partial charge in [-0.05, 0) is 58.9 Å². The van der Waals surface area contributed by atoms with Crippen molar-refractivity contribution < 1.29 is 31.2 Å². The SMILES string of the molecule is Cc1cc(Nc2cc(Nc3cccc(S(=O)(=O)N(C)OC(=O)C(F)(F)F)c3)ncn2)cc(-c2cccnc2)c1. The van der Waals surface area contributed by atoms with Gasteiger partial charge in [-0.1, -0.05) is 18.2 Å². The molecule has 202 valence electrons. The molecule has 0 saturated heterocycles. The number of hydroxylamine groups is 1. The number of halogens is 3. The number of anilines is 4. The van der Waals surface area contributed by atoms with Crippen molar-refractivity contribution in [1.29, 1.82) is 0 Å². The third-order valence-corrected chi connectivity index (χ3v) is 6.80. The van der Waals surface area contributed by atoms with Gasteiger partial charge in [-0.15, -0.1) is 0 Å². The minimum atomic E-state index is -5.36. The van der Waals surface area contributed by atoms with Crippen LogP contribution in [0.15, 0.2) is 84.3 Å². The van der Waals surface area contributed by atoms with Gasteiger partial charge in [0.15, 0.2) is 0 Å². The molecule has 0 amide bonds. The zero-order valence-electron chi connectivity index (χ0n) is 20.5. The molecule has 10 nitrogen and oxygen atoms in total. The molecule has 0 radical (unpaired) electrons. The van der Waals surface area contributed by atoms with E-state index < -0.39 is 27.1 Å². The topological polar surface area (TPSA) is 126 Å². The third-order valence-electron chi connectivity index (χ3n) is 5.20. The molecule has 4 aromatic rings. The van der Waals surface area contributed by atoms with E-state index in [2.05, 4.69) is 30.4 Å². The summed E-state index contributed by atoms with van der Waals surface area (Å²) in [5.74, 6) is -1.91. The molecule has 0 saturated carbocycles. The van der Waals surface area contributed by atoms with Crippen LogP contribution >= 0.6 is 0 Å². The van der Waals surface area contributed by atoms with Gasteiger partial charge < -0.3 is 15.5 Å². The van der Waals surface area contributed by atoms with E-state index in [-0.39, 0.29) is 10.2 Å². The molecule has 2 aromatic heterocycles. The summed E-state index contributed by atoms with van der Waals surface area (Å²) in [6.07, 6.45) is -0.601. The van der Waals surface area contributed by atoms with E-state index in [1.165, 1.54) is 18.5 Å². The van der Waals surface area contributed by atoms with Crippen LogP contribution in [-0.4, -0.2) is 47.0 Å². The number of sulfonamides is 1. The highest BCUT2D eigenvalue weighted by molar-refractivity contribution is 7.89. The number of pyridine rings is 1. The molecule has 0 spiro atoms. The van der Waals surface area contributed by atoms with Gasteiger partial charge in [0.1, 0.15) is 18.0 Å². The quantitative estimate of drug-likeness (QED) is 0.288. The molecule has 0 atom stereocenters. The van der Waals surface area contributed by atoms with Crippen molar-refractivity contribution >= 4 is 39.0 Å². The average molecular weight is 559 g/mol. The Morgan fingerprint density at radius 1 is 0.923 bits per heavy atom. The fourth-order valence-electron chi connectivity index (χ4n) is 3.45. The Hall–Kier alpha value is -4.56. The number of nitrogens with zero attached hydrogens (tertiary/aromatic N) is 4. The van der Waals surface area contributed by atoms with Crippen molar-refractivity contribution in [3.05, 3.63) is 84.9 Å². The molecule has 0 bridgehead atoms. The summed E-state index contributed by atoms with van der Waals surface area (Å²) in [5.41, 5.74) is 3.94. The molecule has 0 aliphatic heterocycles. The van der Waals surface area contributed by atoms with Crippen molar-refractivity contribution in [2.75, 3.05) is 17.7 Å². The number of alkyl halides is 3. The first kappa shape index (κ1) is 27.5. The fraction of sp³-hybridized carbons (Fsp3) is 0.120. The summed E-state index contributed by atoms with van der Waals surface area (Å²) in [4.78, 5) is 27.1. The van der Waals surface area contributed by atoms with Crippen LogP contribution < -0.4 is 10.6 Å². The van der Waals surface area contributed by atoms with Crippen molar-refractivity contribution in [2.24, 2.45) is 0 Å². The van der Waals surface area contributed by atoms with E-state index in [1.54, 1.807) is 18.5 Å². The highest BCUT2D eigenvalue weighted by Gasteiger charge is 2.43. The summed E-state index contributed by atoms with van der Waals surface area (Å²) in [5, 5.41) is 6.13. The lowest BCUT2D eigenvalue weighted by molar-refractivity contribution is -0.219. The summed E-state index contributed by atoms with van der Waals surface area (Å²) >= 11 is 0. The van der Waals surface area contributed by atoms with Gasteiger partial charge >= 0.3 is 12.1 Å². The molecule has 4 rings (SSSR count). The maximum absolute atomic E-state index is 12.6. The van der Waals surface area contributed by atoms with Crippen LogP contribution in [0.5, 0.6) is 0 Å². The largest absolute Gasteiger partial charge is 0.492 e. The highest BCUT2D eigenvalue weighted by atomic mass is 32.2. The molecular weight excluding hydrogens is 537 g/mol. The van der Waals surface area contributed by atoms with Crippen LogP contribution in [0.1, 0.15) is 5.56 Å². The number of nitrogens with one attached hydrogen (secondary N) is 2. The predicted octanol–water partition coefficient (Wildman–Crippen LogP) is 4.98. The van der Waals surface area contributed by atoms with Gasteiger partial charge in [-0.3, -0.25) is 4.98 Å². The molecule has 14 heteroatoms. The Morgan fingerprint density at radius 2 is 1.64 bits per heavy atom. The summed E-state index contributed by atoms with van der Waals surface area (Å²) < 4.78 is 62.5. The lowest BCUT2D eigenvalue weighted by Crippen LogP contribution is -2.36. The maximum Gasteiger partial charge on any atom is 0.492 e. The molecule has 2 aromatic carbocycles. The zero-order chi connectivity index (χ0) is 28.2. The van der Waals surface area contributed by atoms with Crippen molar-refractivity contribution in [3.63, 3.8) is 0 Å². The second-order valence-electron chi connectivity index (χ2n) is 8.19. The van der Waals surface area contributed by atoms with Crippen molar-refractivity contribution in [3.8, 4) is 11.1 Å². The van der Waals surface area contributed by atoms with Crippen molar-refractivity contribution in [2.45, 2.75) is 18.0 Å². The van der Waals surface area contributed by atoms with E-state index in [1.807, 2.05) is 37.3 Å². The van der Waals surface area contributed by atoms with Crippen LogP contribution in [-0.2, 0) is 19.7 Å². The number of benzene rings is 2. The normalized spacial score (nSPS) is 11.7. The average Bonchev–Trinajstić information content (AvgIpc) is 2.88. The van der Waals surface area contributed by atoms with Crippen LogP contribution in [0.25, 0.3) is 11.1 Å². The summed E-state index contributed by atoms with van der Waals surface area (Å²) in [6.45, 7) is 1.96. The lowest BCUT2D eigenvalue weighted by atomic mass is 10.0. The molecule has 0 aliphatic rings. The second kappa shape index (κ2) is 11.0. The Balaban J connectivity index is 1.51. The van der Waals surface area contributed by atoms with Gasteiger partial charge in [-0.2, -0.15) is 13.2 Å². The highest BCUT2D eigenvalue weighted by Crippen LogP contribution is 2.27. The first-order chi connectivity index (χ1) is 18.4. The van der Waals surface area contributed by atoms with E-state index >= 15 is 0 Å². The Labute approximate surface area is 221 Å². The second-order valence-corrected chi connectivity index (χ2v) is 10.1. The minimum absolute atomic E-state index is 0.143. The molecule has 2 N–H and O–H groups in total. The molecule has 0 fully saturated rings. The maximum atomic E-state index is 12.6. The third kappa shape index (κ3) is 6.86. The van der Waals surface area contributed by atoms with E-state index in [4.69, 9.17) is 0 Å². The first-order valence-corrected chi connectivity index (χ1v) is 12.6. The van der Waals surface area contributed by atoms with Crippen LogP contribution in [0.4, 0.5) is 36.2 Å². The van der Waals surface area contributed by atoms with Gasteiger partial charge in [0.2, 0.25) is 0 Å². The number of aromatic nitrogens is 3. The number of carbonyl (C=O) groups is 1. The Bertz CT molecular complexity index is 1600. The number of hydrogen-bond donors (Lipinski definition) is 2.